The molecule has 0 amide bonds. The van der Waals surface area contributed by atoms with E-state index in [1.807, 2.05) is 0 Å². The molecular weight excluding hydrogens is 380 g/mol. The molecule has 0 aromatic heterocycles. The lowest BCUT2D eigenvalue weighted by Gasteiger charge is -2.43. The van der Waals surface area contributed by atoms with E-state index in [2.05, 4.69) is 52.5 Å². The van der Waals surface area contributed by atoms with E-state index < -0.39 is 12.2 Å². The Morgan fingerprint density at radius 1 is 1.16 bits per heavy atom. The van der Waals surface area contributed by atoms with Crippen LogP contribution in [0.2, 0.25) is 0 Å². The lowest BCUT2D eigenvalue weighted by molar-refractivity contribution is 0.0862. The molecule has 3 fully saturated rings. The van der Waals surface area contributed by atoms with Crippen LogP contribution in [-0.2, 0) is 0 Å². The van der Waals surface area contributed by atoms with Gasteiger partial charge in [0.1, 0.15) is 0 Å². The summed E-state index contributed by atoms with van der Waals surface area (Å²) in [6, 6.07) is 0. The summed E-state index contributed by atoms with van der Waals surface area (Å²) in [7, 11) is 0. The number of fused-ring (bicyclic) bond motifs is 1. The zero-order valence-electron chi connectivity index (χ0n) is 20.3. The molecule has 0 aliphatic heterocycles. The van der Waals surface area contributed by atoms with Crippen molar-refractivity contribution >= 4 is 0 Å². The van der Waals surface area contributed by atoms with Gasteiger partial charge in [0.15, 0.2) is 0 Å². The Hall–Kier alpha value is -1.12. The van der Waals surface area contributed by atoms with Crippen molar-refractivity contribution in [2.24, 2.45) is 22.2 Å². The van der Waals surface area contributed by atoms with Gasteiger partial charge in [-0.3, -0.25) is 0 Å². The van der Waals surface area contributed by atoms with E-state index in [4.69, 9.17) is 0 Å². The average Bonchev–Trinajstić information content (AvgIpc) is 3.35. The fourth-order valence-corrected chi connectivity index (χ4v) is 6.87. The summed E-state index contributed by atoms with van der Waals surface area (Å²) in [5, 5.41) is 20.2. The van der Waals surface area contributed by atoms with Crippen LogP contribution in [0.25, 0.3) is 0 Å². The molecule has 0 radical (unpaired) electrons. The second-order valence-corrected chi connectivity index (χ2v) is 12.4. The van der Waals surface area contributed by atoms with Crippen LogP contribution in [0.5, 0.6) is 0 Å². The third-order valence-corrected chi connectivity index (χ3v) is 8.82. The molecule has 2 heteroatoms. The lowest BCUT2D eigenvalue weighted by atomic mass is 9.61. The normalized spacial score (nSPS) is 37.8. The standard InChI is InChI=1S/C29H44O2/c1-20-22(18-23(30)19-25(20)31)10-9-21-8-6-14-28(5)24(21)11-12-26(28)29(16-17-29)15-7-13-27(2,3)4/h9-10,12,23-25,30-31H,1,6-8,11,13-19H2,2-5H3/b21-9+,22-10-/t23?,24?,25-,28-/m0/s1. The van der Waals surface area contributed by atoms with Crippen molar-refractivity contribution in [1.29, 1.82) is 0 Å². The molecular formula is C29H44O2. The Balaban J connectivity index is 1.49. The molecule has 3 saturated carbocycles. The first-order valence-corrected chi connectivity index (χ1v) is 12.7. The molecule has 0 aromatic carbocycles. The monoisotopic (exact) mass is 424 g/mol. The first-order chi connectivity index (χ1) is 14.5. The van der Waals surface area contributed by atoms with Crippen LogP contribution >= 0.6 is 0 Å². The molecule has 172 valence electrons. The van der Waals surface area contributed by atoms with Crippen LogP contribution in [0.3, 0.4) is 0 Å². The largest absolute Gasteiger partial charge is 0.393 e. The fourth-order valence-electron chi connectivity index (χ4n) is 6.87. The highest BCUT2D eigenvalue weighted by Crippen LogP contribution is 2.67. The number of hydrogen-bond acceptors (Lipinski definition) is 2. The van der Waals surface area contributed by atoms with Crippen molar-refractivity contribution in [3.8, 4) is 0 Å². The first-order valence-electron chi connectivity index (χ1n) is 12.7. The van der Waals surface area contributed by atoms with Crippen molar-refractivity contribution in [3.05, 3.63) is 47.1 Å². The van der Waals surface area contributed by atoms with Gasteiger partial charge in [-0.1, -0.05) is 70.1 Å². The molecule has 4 aliphatic rings. The molecule has 0 saturated heterocycles. The van der Waals surface area contributed by atoms with Crippen LogP contribution in [-0.4, -0.2) is 22.4 Å². The zero-order chi connectivity index (χ0) is 22.4. The molecule has 31 heavy (non-hydrogen) atoms. The van der Waals surface area contributed by atoms with E-state index in [0.717, 1.165) is 11.1 Å². The van der Waals surface area contributed by atoms with E-state index in [0.29, 0.717) is 35.0 Å². The van der Waals surface area contributed by atoms with Crippen LogP contribution in [0, 0.1) is 22.2 Å². The second kappa shape index (κ2) is 8.34. The van der Waals surface area contributed by atoms with Crippen LogP contribution in [0.1, 0.15) is 98.3 Å². The molecule has 2 nitrogen and oxygen atoms in total. The predicted molar refractivity (Wildman–Crippen MR) is 130 cm³/mol. The third-order valence-electron chi connectivity index (χ3n) is 8.82. The van der Waals surface area contributed by atoms with E-state index in [9.17, 15) is 10.2 Å². The maximum absolute atomic E-state index is 10.2. The van der Waals surface area contributed by atoms with Crippen molar-refractivity contribution in [2.75, 3.05) is 0 Å². The van der Waals surface area contributed by atoms with Gasteiger partial charge in [0.2, 0.25) is 0 Å². The third kappa shape index (κ3) is 4.67. The Bertz CT molecular complexity index is 801. The van der Waals surface area contributed by atoms with Gasteiger partial charge in [-0.05, 0) is 91.1 Å². The van der Waals surface area contributed by atoms with Gasteiger partial charge in [-0.25, -0.2) is 0 Å². The van der Waals surface area contributed by atoms with Crippen LogP contribution in [0.4, 0.5) is 0 Å². The van der Waals surface area contributed by atoms with Gasteiger partial charge in [-0.15, -0.1) is 0 Å². The van der Waals surface area contributed by atoms with E-state index in [-0.39, 0.29) is 0 Å². The first kappa shape index (κ1) is 23.1. The number of allylic oxidation sites excluding steroid dienone is 5. The molecule has 0 spiro atoms. The fraction of sp³-hybridized carbons (Fsp3) is 0.724. The minimum atomic E-state index is -0.604. The molecule has 0 aromatic rings. The number of hydrogen-bond donors (Lipinski definition) is 2. The summed E-state index contributed by atoms with van der Waals surface area (Å²) in [5.74, 6) is 0.625. The zero-order valence-corrected chi connectivity index (χ0v) is 20.3. The number of rotatable bonds is 5. The highest BCUT2D eigenvalue weighted by atomic mass is 16.3. The summed E-state index contributed by atoms with van der Waals surface area (Å²) in [6.07, 6.45) is 18.9. The summed E-state index contributed by atoms with van der Waals surface area (Å²) in [6.45, 7) is 13.7. The van der Waals surface area contributed by atoms with Gasteiger partial charge in [0, 0.05) is 6.42 Å². The average molecular weight is 425 g/mol. The lowest BCUT2D eigenvalue weighted by Crippen LogP contribution is -2.33. The quantitative estimate of drug-likeness (QED) is 0.464. The van der Waals surface area contributed by atoms with Gasteiger partial charge < -0.3 is 10.2 Å². The summed E-state index contributed by atoms with van der Waals surface area (Å²) >= 11 is 0. The van der Waals surface area contributed by atoms with Gasteiger partial charge in [0.05, 0.1) is 12.2 Å². The van der Waals surface area contributed by atoms with Crippen molar-refractivity contribution in [2.45, 2.75) is 111 Å². The van der Waals surface area contributed by atoms with E-state index in [1.54, 1.807) is 11.1 Å². The van der Waals surface area contributed by atoms with Gasteiger partial charge >= 0.3 is 0 Å². The summed E-state index contributed by atoms with van der Waals surface area (Å²) in [5.41, 5.74) is 6.45. The Kier molecular flexibility index (Phi) is 6.20. The number of aliphatic hydroxyl groups excluding tert-OH is 2. The van der Waals surface area contributed by atoms with Crippen molar-refractivity contribution in [3.63, 3.8) is 0 Å². The molecule has 0 heterocycles. The molecule has 4 atom stereocenters. The molecule has 4 aliphatic carbocycles. The topological polar surface area (TPSA) is 40.5 Å². The molecule has 2 N–H and O–H groups in total. The predicted octanol–water partition coefficient (Wildman–Crippen LogP) is 7.04. The van der Waals surface area contributed by atoms with E-state index in [1.165, 1.54) is 57.8 Å². The smallest absolute Gasteiger partial charge is 0.0811 e. The Morgan fingerprint density at radius 3 is 2.58 bits per heavy atom. The maximum atomic E-state index is 10.2. The van der Waals surface area contributed by atoms with Crippen molar-refractivity contribution in [1.82, 2.24) is 0 Å². The van der Waals surface area contributed by atoms with Crippen molar-refractivity contribution < 1.29 is 10.2 Å². The Morgan fingerprint density at radius 2 is 1.90 bits per heavy atom. The van der Waals surface area contributed by atoms with E-state index >= 15 is 0 Å². The minimum absolute atomic E-state index is 0.323. The highest BCUT2D eigenvalue weighted by Gasteiger charge is 2.56. The SMILES string of the molecule is C=C1/C(=C\C=C2/CCC[C@]3(C)C(C4(CCCC(C)(C)C)CC4)=CCC23)CC(O)C[C@@H]1O. The minimum Gasteiger partial charge on any atom is -0.393 e. The summed E-state index contributed by atoms with van der Waals surface area (Å²) in [4.78, 5) is 0. The number of aliphatic hydroxyl groups is 2. The highest BCUT2D eigenvalue weighted by molar-refractivity contribution is 5.42. The van der Waals surface area contributed by atoms with Crippen LogP contribution in [0.15, 0.2) is 47.1 Å². The summed E-state index contributed by atoms with van der Waals surface area (Å²) < 4.78 is 0. The van der Waals surface area contributed by atoms with Crippen LogP contribution < -0.4 is 0 Å². The maximum Gasteiger partial charge on any atom is 0.0811 e. The van der Waals surface area contributed by atoms with Gasteiger partial charge in [-0.2, -0.15) is 0 Å². The second-order valence-electron chi connectivity index (χ2n) is 12.4. The Labute approximate surface area is 190 Å². The molecule has 2 unspecified atom stereocenters. The molecule has 0 bridgehead atoms. The molecule has 4 rings (SSSR count). The van der Waals surface area contributed by atoms with Gasteiger partial charge in [0.25, 0.3) is 0 Å².